The number of carbonyl (C=O) groups is 1. The number of benzene rings is 1. The van der Waals surface area contributed by atoms with Crippen LogP contribution in [0.25, 0.3) is 10.9 Å². The Bertz CT molecular complexity index is 1250. The van der Waals surface area contributed by atoms with Crippen molar-refractivity contribution < 1.29 is 22.5 Å². The summed E-state index contributed by atoms with van der Waals surface area (Å²) in [5.41, 5.74) is -0.214. The Morgan fingerprint density at radius 1 is 1.22 bits per heavy atom. The molecule has 0 saturated heterocycles. The summed E-state index contributed by atoms with van der Waals surface area (Å²) in [6.45, 7) is 6.41. The minimum absolute atomic E-state index is 0.0681. The monoisotopic (exact) mass is 465 g/mol. The summed E-state index contributed by atoms with van der Waals surface area (Å²) < 4.78 is 56.3. The fourth-order valence-corrected chi connectivity index (χ4v) is 4.01. The van der Waals surface area contributed by atoms with Crippen LogP contribution in [0.5, 0.6) is 0 Å². The molecule has 1 aromatic carbocycles. The zero-order valence-corrected chi connectivity index (χ0v) is 19.1. The fourth-order valence-electron chi connectivity index (χ4n) is 3.23. The number of carbonyl (C=O) groups excluding carboxylic acids is 1. The van der Waals surface area contributed by atoms with Gasteiger partial charge in [-0.1, -0.05) is 12.1 Å². The van der Waals surface area contributed by atoms with Gasteiger partial charge in [-0.2, -0.15) is 8.78 Å². The molecule has 2 aromatic heterocycles. The third-order valence-electron chi connectivity index (χ3n) is 4.93. The lowest BCUT2D eigenvalue weighted by atomic mass is 9.99. The average Bonchev–Trinajstić information content (AvgIpc) is 2.71. The number of nitrogens with zero attached hydrogens (tertiary/aromatic N) is 3. The van der Waals surface area contributed by atoms with Crippen molar-refractivity contribution in [2.45, 2.75) is 25.8 Å². The molecular formula is C21H23F3N5O2P. The van der Waals surface area contributed by atoms with Gasteiger partial charge in [0.05, 0.1) is 23.3 Å². The van der Waals surface area contributed by atoms with E-state index in [4.69, 9.17) is 0 Å². The van der Waals surface area contributed by atoms with E-state index in [0.717, 1.165) is 13.1 Å². The molecule has 1 unspecified atom stereocenters. The van der Waals surface area contributed by atoms with E-state index in [-0.39, 0.29) is 5.56 Å². The molecule has 3 rings (SSSR count). The number of fused-ring (bicyclic) bond motifs is 1. The molecule has 0 aliphatic carbocycles. The molecule has 0 spiro atoms. The molecule has 0 bridgehead atoms. The number of rotatable bonds is 6. The van der Waals surface area contributed by atoms with Crippen LogP contribution in [0.3, 0.4) is 0 Å². The maximum absolute atomic E-state index is 15.1. The highest BCUT2D eigenvalue weighted by Crippen LogP contribution is 2.36. The van der Waals surface area contributed by atoms with Gasteiger partial charge in [0.1, 0.15) is 30.0 Å². The molecule has 170 valence electrons. The van der Waals surface area contributed by atoms with Crippen LogP contribution >= 0.6 is 7.14 Å². The summed E-state index contributed by atoms with van der Waals surface area (Å²) >= 11 is 0. The number of halogens is 3. The van der Waals surface area contributed by atoms with Crippen molar-refractivity contribution in [1.29, 1.82) is 0 Å². The third kappa shape index (κ3) is 4.46. The van der Waals surface area contributed by atoms with E-state index in [1.54, 1.807) is 33.2 Å². The van der Waals surface area contributed by atoms with Gasteiger partial charge >= 0.3 is 5.92 Å². The zero-order chi connectivity index (χ0) is 23.8. The maximum Gasteiger partial charge on any atom is 0.352 e. The Balaban J connectivity index is 2.06. The van der Waals surface area contributed by atoms with Crippen molar-refractivity contribution in [3.8, 4) is 0 Å². The van der Waals surface area contributed by atoms with Gasteiger partial charge in [-0.05, 0) is 39.3 Å². The third-order valence-corrected chi connectivity index (χ3v) is 6.28. The Morgan fingerprint density at radius 3 is 2.53 bits per heavy atom. The first kappa shape index (κ1) is 23.7. The Morgan fingerprint density at radius 2 is 1.91 bits per heavy atom. The Hall–Kier alpha value is -3.00. The summed E-state index contributed by atoms with van der Waals surface area (Å²) in [5.74, 6) is -6.09. The van der Waals surface area contributed by atoms with Crippen molar-refractivity contribution >= 4 is 35.2 Å². The molecule has 0 fully saturated rings. The Labute approximate surface area is 183 Å². The van der Waals surface area contributed by atoms with E-state index in [2.05, 4.69) is 20.3 Å². The number of pyridine rings is 1. The normalized spacial score (nSPS) is 13.1. The van der Waals surface area contributed by atoms with Crippen molar-refractivity contribution in [3.63, 3.8) is 0 Å². The van der Waals surface area contributed by atoms with Gasteiger partial charge in [0, 0.05) is 18.0 Å². The van der Waals surface area contributed by atoms with Gasteiger partial charge < -0.3 is 15.2 Å². The molecule has 3 aromatic rings. The molecule has 2 N–H and O–H groups in total. The lowest BCUT2D eigenvalue weighted by Crippen LogP contribution is -2.36. The topological polar surface area (TPSA) is 96.9 Å². The molecule has 11 heteroatoms. The molecule has 7 nitrogen and oxygen atoms in total. The van der Waals surface area contributed by atoms with Crippen molar-refractivity contribution in [3.05, 3.63) is 53.2 Å². The number of nitrogens with one attached hydrogen (secondary N) is 2. The van der Waals surface area contributed by atoms with Crippen LogP contribution in [0.2, 0.25) is 0 Å². The van der Waals surface area contributed by atoms with Crippen molar-refractivity contribution in [2.75, 3.05) is 25.7 Å². The lowest BCUT2D eigenvalue weighted by Gasteiger charge is -2.21. The summed E-state index contributed by atoms with van der Waals surface area (Å²) in [5, 5.41) is 5.39. The van der Waals surface area contributed by atoms with Gasteiger partial charge in [-0.3, -0.25) is 9.78 Å². The first-order valence-electron chi connectivity index (χ1n) is 9.71. The second-order valence-electron chi connectivity index (χ2n) is 7.76. The molecule has 32 heavy (non-hydrogen) atoms. The van der Waals surface area contributed by atoms with Gasteiger partial charge in [0.2, 0.25) is 0 Å². The van der Waals surface area contributed by atoms with E-state index in [9.17, 15) is 18.1 Å². The number of hydrogen-bond acceptors (Lipinski definition) is 6. The van der Waals surface area contributed by atoms with Crippen LogP contribution in [0, 0.1) is 12.7 Å². The van der Waals surface area contributed by atoms with Crippen molar-refractivity contribution in [1.82, 2.24) is 20.3 Å². The average molecular weight is 465 g/mol. The van der Waals surface area contributed by atoms with E-state index in [1.165, 1.54) is 18.3 Å². The van der Waals surface area contributed by atoms with Crippen molar-refractivity contribution in [2.24, 2.45) is 0 Å². The minimum atomic E-state index is -4.03. The number of likely N-dealkylation sites (N-methyl/N-ethyl adjacent to an activating group) is 1. The highest BCUT2D eigenvalue weighted by atomic mass is 31.2. The number of alkyl halides is 2. The number of hydrogen-bond donors (Lipinski definition) is 2. The minimum Gasteiger partial charge on any atom is -0.363 e. The van der Waals surface area contributed by atoms with Gasteiger partial charge in [-0.15, -0.1) is 0 Å². The molecule has 0 aliphatic rings. The van der Waals surface area contributed by atoms with E-state index in [1.807, 2.05) is 5.32 Å². The first-order valence-corrected chi connectivity index (χ1v) is 12.3. The van der Waals surface area contributed by atoms with E-state index >= 15 is 4.39 Å². The van der Waals surface area contributed by atoms with Gasteiger partial charge in [-0.25, -0.2) is 14.4 Å². The summed E-state index contributed by atoms with van der Waals surface area (Å²) in [6, 6.07) is 4.31. The standard InChI is InChI=1S/C21H23F3N5O2P/c1-11(13-7-6-8-15(18(13)22)21(23,24)20(30)25-3)27-19-14-9-17(32(4,5)31)26-10-16(14)28-12(2)29-19/h6-11H,1-5H3,(H,25,30)(H,27,28,29). The lowest BCUT2D eigenvalue weighted by molar-refractivity contribution is -0.146. The number of anilines is 1. The van der Waals surface area contributed by atoms with Crippen LogP contribution < -0.4 is 16.1 Å². The molecule has 0 aliphatic heterocycles. The first-order chi connectivity index (χ1) is 14.9. The second-order valence-corrected chi connectivity index (χ2v) is 10.9. The Kier molecular flexibility index (Phi) is 6.29. The number of aryl methyl sites for hydroxylation is 1. The molecule has 1 amide bonds. The zero-order valence-electron chi connectivity index (χ0n) is 18.2. The maximum atomic E-state index is 15.1. The molecule has 0 radical (unpaired) electrons. The van der Waals surface area contributed by atoms with Crippen LogP contribution in [-0.4, -0.2) is 41.2 Å². The number of aromatic nitrogens is 3. The fraction of sp³-hybridized carbons (Fsp3) is 0.333. The molecular weight excluding hydrogens is 442 g/mol. The predicted molar refractivity (Wildman–Crippen MR) is 118 cm³/mol. The van der Waals surface area contributed by atoms with Crippen LogP contribution in [-0.2, 0) is 15.3 Å². The summed E-state index contributed by atoms with van der Waals surface area (Å²) in [7, 11) is -1.61. The highest BCUT2D eigenvalue weighted by Gasteiger charge is 2.43. The van der Waals surface area contributed by atoms with Crippen LogP contribution in [0.1, 0.15) is 29.9 Å². The van der Waals surface area contributed by atoms with E-state index < -0.39 is 36.4 Å². The van der Waals surface area contributed by atoms with Crippen LogP contribution in [0.15, 0.2) is 30.5 Å². The predicted octanol–water partition coefficient (Wildman–Crippen LogP) is 3.73. The SMILES string of the molecule is CNC(=O)C(F)(F)c1cccc(C(C)Nc2nc(C)nc3cnc(P(C)(C)=O)cc23)c1F. The molecule has 1 atom stereocenters. The highest BCUT2D eigenvalue weighted by molar-refractivity contribution is 7.69. The second kappa shape index (κ2) is 8.50. The smallest absolute Gasteiger partial charge is 0.352 e. The molecule has 0 saturated carbocycles. The summed E-state index contributed by atoms with van der Waals surface area (Å²) in [6.07, 6.45) is 1.49. The summed E-state index contributed by atoms with van der Waals surface area (Å²) in [4.78, 5) is 24.4. The van der Waals surface area contributed by atoms with Crippen LogP contribution in [0.4, 0.5) is 19.0 Å². The van der Waals surface area contributed by atoms with E-state index in [0.29, 0.717) is 28.0 Å². The number of amides is 1. The largest absolute Gasteiger partial charge is 0.363 e. The quantitative estimate of drug-likeness (QED) is 0.539. The van der Waals surface area contributed by atoms with Gasteiger partial charge in [0.25, 0.3) is 5.91 Å². The van der Waals surface area contributed by atoms with Gasteiger partial charge in [0.15, 0.2) is 0 Å². The molecule has 2 heterocycles.